The summed E-state index contributed by atoms with van der Waals surface area (Å²) in [4.78, 5) is 40.3. The number of rotatable bonds is 9. The number of anilines is 2. The molecular weight excluding hydrogens is 625 g/mol. The van der Waals surface area contributed by atoms with Gasteiger partial charge in [0.15, 0.2) is 0 Å². The number of halogens is 5. The molecule has 2 aliphatic rings. The summed E-state index contributed by atoms with van der Waals surface area (Å²) in [6.07, 6.45) is -0.546. The van der Waals surface area contributed by atoms with Crippen molar-refractivity contribution in [3.05, 3.63) is 65.9 Å². The number of fused-ring (bicyclic) bond motifs is 1. The van der Waals surface area contributed by atoms with Gasteiger partial charge in [0.1, 0.15) is 34.4 Å². The molecule has 4 heterocycles. The van der Waals surface area contributed by atoms with Crippen LogP contribution in [0.4, 0.5) is 33.6 Å². The van der Waals surface area contributed by atoms with Gasteiger partial charge in [0.25, 0.3) is 12.3 Å². The van der Waals surface area contributed by atoms with E-state index in [1.54, 1.807) is 23.6 Å². The van der Waals surface area contributed by atoms with Crippen molar-refractivity contribution >= 4 is 29.0 Å². The van der Waals surface area contributed by atoms with E-state index in [9.17, 15) is 31.5 Å². The number of nitrogens with zero attached hydrogens (tertiary/aromatic N) is 5. The second kappa shape index (κ2) is 12.8. The molecule has 0 radical (unpaired) electrons. The van der Waals surface area contributed by atoms with E-state index in [2.05, 4.69) is 15.3 Å². The summed E-state index contributed by atoms with van der Waals surface area (Å²) in [7, 11) is 0. The number of pyridine rings is 1. The van der Waals surface area contributed by atoms with Crippen molar-refractivity contribution in [1.29, 1.82) is 0 Å². The molecule has 2 amide bonds. The van der Waals surface area contributed by atoms with Gasteiger partial charge < -0.3 is 20.7 Å². The third kappa shape index (κ3) is 6.69. The largest absolute Gasteiger partial charge is 0.493 e. The Kier molecular flexibility index (Phi) is 8.72. The summed E-state index contributed by atoms with van der Waals surface area (Å²) in [5.74, 6) is -0.454. The van der Waals surface area contributed by atoms with E-state index in [0.29, 0.717) is 35.4 Å². The summed E-state index contributed by atoms with van der Waals surface area (Å²) < 4.78 is 74.8. The van der Waals surface area contributed by atoms with Crippen LogP contribution in [0, 0.1) is 11.8 Å². The molecule has 1 aliphatic heterocycles. The number of nitrogen functional groups attached to an aromatic ring is 1. The standard InChI is InChI=1S/C32H32F5N7O3/c1-2-47-23-14-19(30(45)41-24-15-20(9-10-39-24)32(35,36)37)6-7-21(23)26-27-29(38)40-11-12-43(27)25(42-26)13-17-3-8-22(28(33)34)44(16-17)31(46)18-4-5-18/h6-7,9-12,14-15,17-18,22,28H,2-5,8,13,16H2,1H3,(H2,38,40)(H,39,41,45)/t17-,22+/m1/s1. The molecule has 248 valence electrons. The molecule has 1 saturated heterocycles. The molecule has 1 aliphatic carbocycles. The third-order valence-electron chi connectivity index (χ3n) is 8.48. The zero-order valence-corrected chi connectivity index (χ0v) is 25.3. The lowest BCUT2D eigenvalue weighted by molar-refractivity contribution is -0.142. The van der Waals surface area contributed by atoms with E-state index in [0.717, 1.165) is 31.2 Å². The number of amides is 2. The molecule has 6 rings (SSSR count). The maximum atomic E-state index is 13.8. The molecule has 0 spiro atoms. The van der Waals surface area contributed by atoms with Gasteiger partial charge >= 0.3 is 6.18 Å². The van der Waals surface area contributed by atoms with Crippen molar-refractivity contribution in [2.24, 2.45) is 11.8 Å². The molecule has 47 heavy (non-hydrogen) atoms. The van der Waals surface area contributed by atoms with E-state index in [1.165, 1.54) is 23.2 Å². The normalized spacial score (nSPS) is 18.5. The van der Waals surface area contributed by atoms with Gasteiger partial charge in [-0.15, -0.1) is 0 Å². The van der Waals surface area contributed by atoms with Gasteiger partial charge in [0, 0.05) is 48.6 Å². The van der Waals surface area contributed by atoms with Crippen LogP contribution in [0.1, 0.15) is 54.4 Å². The minimum absolute atomic E-state index is 0.0995. The first-order valence-electron chi connectivity index (χ1n) is 15.3. The number of carbonyl (C=O) groups excluding carboxylic acids is 2. The van der Waals surface area contributed by atoms with Gasteiger partial charge in [-0.3, -0.25) is 14.0 Å². The predicted molar refractivity (Wildman–Crippen MR) is 162 cm³/mol. The summed E-state index contributed by atoms with van der Waals surface area (Å²) in [5, 5.41) is 2.39. The Balaban J connectivity index is 1.30. The van der Waals surface area contributed by atoms with Crippen molar-refractivity contribution in [2.45, 2.75) is 57.7 Å². The number of nitrogens with one attached hydrogen (secondary N) is 1. The lowest BCUT2D eigenvalue weighted by Crippen LogP contribution is -2.51. The third-order valence-corrected chi connectivity index (χ3v) is 8.48. The Bertz CT molecular complexity index is 1810. The van der Waals surface area contributed by atoms with Crippen LogP contribution in [0.15, 0.2) is 48.9 Å². The number of piperidine rings is 1. The van der Waals surface area contributed by atoms with E-state index in [4.69, 9.17) is 15.5 Å². The van der Waals surface area contributed by atoms with Crippen molar-refractivity contribution in [3.8, 4) is 17.0 Å². The molecular formula is C32H32F5N7O3. The van der Waals surface area contributed by atoms with Gasteiger partial charge in [0.05, 0.1) is 18.2 Å². The lowest BCUT2D eigenvalue weighted by atomic mass is 9.89. The van der Waals surface area contributed by atoms with Gasteiger partial charge in [-0.25, -0.2) is 23.7 Å². The highest BCUT2D eigenvalue weighted by molar-refractivity contribution is 6.04. The average Bonchev–Trinajstić information content (AvgIpc) is 3.82. The number of ether oxygens (including phenoxy) is 1. The number of hydrogen-bond donors (Lipinski definition) is 2. The Morgan fingerprint density at radius 1 is 1.09 bits per heavy atom. The van der Waals surface area contributed by atoms with Crippen LogP contribution < -0.4 is 15.8 Å². The number of imidazole rings is 1. The maximum absolute atomic E-state index is 13.8. The smallest absolute Gasteiger partial charge is 0.416 e. The lowest BCUT2D eigenvalue weighted by Gasteiger charge is -2.39. The van der Waals surface area contributed by atoms with Crippen molar-refractivity contribution in [2.75, 3.05) is 24.2 Å². The zero-order chi connectivity index (χ0) is 33.5. The number of benzene rings is 1. The minimum Gasteiger partial charge on any atom is -0.493 e. The van der Waals surface area contributed by atoms with Crippen LogP contribution >= 0.6 is 0 Å². The molecule has 0 bridgehead atoms. The van der Waals surface area contributed by atoms with E-state index in [1.807, 2.05) is 0 Å². The Hall–Kier alpha value is -4.82. The first-order valence-corrected chi connectivity index (χ1v) is 15.3. The van der Waals surface area contributed by atoms with E-state index in [-0.39, 0.29) is 60.3 Å². The number of likely N-dealkylation sites (tertiary alicyclic amines) is 1. The fourth-order valence-corrected chi connectivity index (χ4v) is 6.03. The van der Waals surface area contributed by atoms with Crippen LogP contribution in [0.5, 0.6) is 5.75 Å². The number of hydrogen-bond acceptors (Lipinski definition) is 7. The fraction of sp³-hybridized carbons (Fsp3) is 0.406. The van der Waals surface area contributed by atoms with Crippen LogP contribution in [-0.4, -0.2) is 61.7 Å². The van der Waals surface area contributed by atoms with Gasteiger partial charge in [-0.2, -0.15) is 13.2 Å². The SMILES string of the molecule is CCOc1cc(C(=O)Nc2cc(C(F)(F)F)ccn2)ccc1-c1nc(C[C@H]2CC[C@@H](C(F)F)N(C(=O)C3CC3)C2)n2ccnc(N)c12. The van der Waals surface area contributed by atoms with E-state index >= 15 is 0 Å². The summed E-state index contributed by atoms with van der Waals surface area (Å²) >= 11 is 0. The Morgan fingerprint density at radius 2 is 1.87 bits per heavy atom. The van der Waals surface area contributed by atoms with E-state index < -0.39 is 30.1 Å². The molecule has 4 aromatic rings. The highest BCUT2D eigenvalue weighted by Gasteiger charge is 2.42. The van der Waals surface area contributed by atoms with Crippen molar-refractivity contribution in [1.82, 2.24) is 24.3 Å². The summed E-state index contributed by atoms with van der Waals surface area (Å²) in [6.45, 7) is 2.17. The topological polar surface area (TPSA) is 128 Å². The minimum atomic E-state index is -4.60. The molecule has 0 unspecified atom stereocenters. The highest BCUT2D eigenvalue weighted by Crippen LogP contribution is 2.39. The first-order chi connectivity index (χ1) is 22.4. The van der Waals surface area contributed by atoms with Gasteiger partial charge in [-0.1, -0.05) is 0 Å². The molecule has 3 N–H and O–H groups in total. The molecule has 1 saturated carbocycles. The van der Waals surface area contributed by atoms with Gasteiger partial charge in [-0.05, 0) is 68.9 Å². The zero-order valence-electron chi connectivity index (χ0n) is 25.3. The van der Waals surface area contributed by atoms with Crippen molar-refractivity contribution < 1.29 is 36.3 Å². The van der Waals surface area contributed by atoms with Crippen LogP contribution in [0.25, 0.3) is 16.8 Å². The molecule has 1 aromatic carbocycles. The number of alkyl halides is 5. The van der Waals surface area contributed by atoms with Crippen LogP contribution in [0.2, 0.25) is 0 Å². The van der Waals surface area contributed by atoms with Crippen LogP contribution in [0.3, 0.4) is 0 Å². The number of aromatic nitrogens is 4. The monoisotopic (exact) mass is 657 g/mol. The quantitative estimate of drug-likeness (QED) is 0.216. The number of nitrogens with two attached hydrogens (primary N) is 1. The Morgan fingerprint density at radius 3 is 2.57 bits per heavy atom. The second-order valence-corrected chi connectivity index (χ2v) is 11.7. The second-order valence-electron chi connectivity index (χ2n) is 11.7. The van der Waals surface area contributed by atoms with Crippen LogP contribution in [-0.2, 0) is 17.4 Å². The molecule has 10 nitrogen and oxygen atoms in total. The summed E-state index contributed by atoms with van der Waals surface area (Å²) in [6, 6.07) is 4.98. The molecule has 3 aromatic heterocycles. The highest BCUT2D eigenvalue weighted by atomic mass is 19.4. The predicted octanol–water partition coefficient (Wildman–Crippen LogP) is 5.87. The maximum Gasteiger partial charge on any atom is 0.416 e. The van der Waals surface area contributed by atoms with Crippen molar-refractivity contribution in [3.63, 3.8) is 0 Å². The molecule has 2 fully saturated rings. The Labute approximate surface area is 266 Å². The average molecular weight is 658 g/mol. The first kappa shape index (κ1) is 32.1. The fourth-order valence-electron chi connectivity index (χ4n) is 6.03. The molecule has 2 atom stereocenters. The molecule has 15 heteroatoms. The summed E-state index contributed by atoms with van der Waals surface area (Å²) in [5.41, 5.74) is 6.84. The van der Waals surface area contributed by atoms with Gasteiger partial charge in [0.2, 0.25) is 5.91 Å². The number of carbonyl (C=O) groups is 2.